The maximum Gasteiger partial charge on any atom is 0.225 e. The molecule has 0 spiro atoms. The largest absolute Gasteiger partial charge is 0.480 e. The zero-order valence-corrected chi connectivity index (χ0v) is 9.67. The molecule has 2 heterocycles. The van der Waals surface area contributed by atoms with E-state index in [1.165, 1.54) is 11.5 Å². The van der Waals surface area contributed by atoms with Crippen LogP contribution in [0.2, 0.25) is 0 Å². The highest BCUT2D eigenvalue weighted by Crippen LogP contribution is 2.25. The fraction of sp³-hybridized carbons (Fsp3) is 0.125. The van der Waals surface area contributed by atoms with E-state index in [0.717, 1.165) is 15.2 Å². The minimum Gasteiger partial charge on any atom is -0.480 e. The van der Waals surface area contributed by atoms with Gasteiger partial charge in [0, 0.05) is 6.07 Å². The summed E-state index contributed by atoms with van der Waals surface area (Å²) < 4.78 is 9.78. The number of rotatable bonds is 2. The second-order valence-corrected chi connectivity index (χ2v) is 4.08. The highest BCUT2D eigenvalue weighted by atomic mass is 79.9. The Morgan fingerprint density at radius 1 is 1.36 bits per heavy atom. The van der Waals surface area contributed by atoms with Crippen LogP contribution in [0.15, 0.2) is 23.1 Å². The summed E-state index contributed by atoms with van der Waals surface area (Å²) >= 11 is 4.57. The predicted octanol–water partition coefficient (Wildman–Crippen LogP) is 2.37. The molecule has 0 atom stereocenters. The highest BCUT2D eigenvalue weighted by molar-refractivity contribution is 9.10. The molecule has 0 radical (unpaired) electrons. The van der Waals surface area contributed by atoms with Crippen LogP contribution < -0.4 is 4.74 Å². The van der Waals surface area contributed by atoms with Crippen molar-refractivity contribution in [3.8, 4) is 16.5 Å². The van der Waals surface area contributed by atoms with Crippen LogP contribution in [-0.4, -0.2) is 21.5 Å². The highest BCUT2D eigenvalue weighted by Gasteiger charge is 2.05. The van der Waals surface area contributed by atoms with Crippen molar-refractivity contribution >= 4 is 27.5 Å². The van der Waals surface area contributed by atoms with Gasteiger partial charge in [-0.15, -0.1) is 0 Å². The molecule has 0 aliphatic rings. The minimum absolute atomic E-state index is 0.606. The summed E-state index contributed by atoms with van der Waals surface area (Å²) in [5, 5.41) is 0. The van der Waals surface area contributed by atoms with Crippen molar-refractivity contribution in [1.29, 1.82) is 0 Å². The van der Waals surface area contributed by atoms with E-state index < -0.39 is 0 Å². The maximum absolute atomic E-state index is 4.98. The van der Waals surface area contributed by atoms with Crippen LogP contribution in [0, 0.1) is 0 Å². The van der Waals surface area contributed by atoms with Gasteiger partial charge in [-0.3, -0.25) is 4.98 Å². The summed E-state index contributed by atoms with van der Waals surface area (Å²) in [6.45, 7) is 0. The van der Waals surface area contributed by atoms with Gasteiger partial charge in [0.15, 0.2) is 0 Å². The van der Waals surface area contributed by atoms with Crippen LogP contribution >= 0.6 is 27.5 Å². The third-order valence-electron chi connectivity index (χ3n) is 1.57. The van der Waals surface area contributed by atoms with Gasteiger partial charge in [-0.05, 0) is 27.5 Å². The van der Waals surface area contributed by atoms with Gasteiger partial charge in [-0.1, -0.05) is 0 Å². The first-order valence-corrected chi connectivity index (χ1v) is 5.35. The van der Waals surface area contributed by atoms with Crippen LogP contribution in [0.4, 0.5) is 0 Å². The van der Waals surface area contributed by atoms with Crippen LogP contribution in [0.1, 0.15) is 0 Å². The summed E-state index contributed by atoms with van der Waals surface area (Å²) in [7, 11) is 1.59. The normalized spacial score (nSPS) is 10.1. The molecular formula is C8H6BrN3OS. The molecular weight excluding hydrogens is 266 g/mol. The molecule has 6 heteroatoms. The van der Waals surface area contributed by atoms with Crippen molar-refractivity contribution in [3.63, 3.8) is 0 Å². The standard InChI is InChI=1S/C8H6BrN3OS/c1-13-8-2-6(14-12-8)5-3-11-7(9)4-10-5/h2-4H,1H3. The van der Waals surface area contributed by atoms with E-state index in [-0.39, 0.29) is 0 Å². The average molecular weight is 272 g/mol. The van der Waals surface area contributed by atoms with Gasteiger partial charge in [0.1, 0.15) is 10.3 Å². The zero-order valence-electron chi connectivity index (χ0n) is 7.27. The molecule has 0 N–H and O–H groups in total. The lowest BCUT2D eigenvalue weighted by atomic mass is 10.4. The van der Waals surface area contributed by atoms with Crippen molar-refractivity contribution in [3.05, 3.63) is 23.1 Å². The molecule has 0 saturated carbocycles. The number of hydrogen-bond donors (Lipinski definition) is 0. The number of halogens is 1. The molecule has 0 bridgehead atoms. The van der Waals surface area contributed by atoms with E-state index in [1.54, 1.807) is 19.5 Å². The third-order valence-corrected chi connectivity index (χ3v) is 2.77. The second kappa shape index (κ2) is 4.02. The lowest BCUT2D eigenvalue weighted by Crippen LogP contribution is -1.83. The molecule has 0 fully saturated rings. The fourth-order valence-electron chi connectivity index (χ4n) is 0.915. The van der Waals surface area contributed by atoms with Gasteiger partial charge in [-0.25, -0.2) is 4.98 Å². The van der Waals surface area contributed by atoms with E-state index >= 15 is 0 Å². The summed E-state index contributed by atoms with van der Waals surface area (Å²) in [5.74, 6) is 0.606. The Kier molecular flexibility index (Phi) is 2.74. The molecule has 0 amide bonds. The number of nitrogens with zero attached hydrogens (tertiary/aromatic N) is 3. The quantitative estimate of drug-likeness (QED) is 0.842. The smallest absolute Gasteiger partial charge is 0.225 e. The van der Waals surface area contributed by atoms with Crippen molar-refractivity contribution in [2.75, 3.05) is 7.11 Å². The first kappa shape index (κ1) is 9.54. The average Bonchev–Trinajstić information content (AvgIpc) is 2.67. The summed E-state index contributed by atoms with van der Waals surface area (Å²) in [5.41, 5.74) is 0.800. The monoisotopic (exact) mass is 271 g/mol. The van der Waals surface area contributed by atoms with Crippen LogP contribution in [0.3, 0.4) is 0 Å². The molecule has 2 aromatic rings. The first-order chi connectivity index (χ1) is 6.79. The lowest BCUT2D eigenvalue weighted by molar-refractivity contribution is 0.403. The molecule has 0 aliphatic heterocycles. The van der Waals surface area contributed by atoms with Gasteiger partial charge in [0.2, 0.25) is 5.88 Å². The number of methoxy groups -OCH3 is 1. The van der Waals surface area contributed by atoms with Gasteiger partial charge in [0.05, 0.1) is 24.4 Å². The van der Waals surface area contributed by atoms with Gasteiger partial charge in [0.25, 0.3) is 0 Å². The number of aromatic nitrogens is 3. The van der Waals surface area contributed by atoms with Crippen molar-refractivity contribution in [2.24, 2.45) is 0 Å². The van der Waals surface area contributed by atoms with Crippen LogP contribution in [0.25, 0.3) is 10.6 Å². The molecule has 4 nitrogen and oxygen atoms in total. The molecule has 2 rings (SSSR count). The molecule has 0 unspecified atom stereocenters. The van der Waals surface area contributed by atoms with E-state index in [1.807, 2.05) is 6.07 Å². The van der Waals surface area contributed by atoms with E-state index in [9.17, 15) is 0 Å². The summed E-state index contributed by atoms with van der Waals surface area (Å²) in [6.07, 6.45) is 3.35. The molecule has 72 valence electrons. The van der Waals surface area contributed by atoms with Crippen molar-refractivity contribution in [1.82, 2.24) is 14.3 Å². The number of ether oxygens (including phenoxy) is 1. The van der Waals surface area contributed by atoms with E-state index in [2.05, 4.69) is 30.3 Å². The Morgan fingerprint density at radius 3 is 2.79 bits per heavy atom. The minimum atomic E-state index is 0.606. The third kappa shape index (κ3) is 1.91. The van der Waals surface area contributed by atoms with Crippen LogP contribution in [0.5, 0.6) is 5.88 Å². The van der Waals surface area contributed by atoms with E-state index in [4.69, 9.17) is 4.74 Å². The lowest BCUT2D eigenvalue weighted by Gasteiger charge is -1.93. The van der Waals surface area contributed by atoms with Crippen molar-refractivity contribution < 1.29 is 4.74 Å². The predicted molar refractivity (Wildman–Crippen MR) is 57.4 cm³/mol. The van der Waals surface area contributed by atoms with Gasteiger partial charge < -0.3 is 4.74 Å². The molecule has 0 aromatic carbocycles. The first-order valence-electron chi connectivity index (χ1n) is 3.78. The van der Waals surface area contributed by atoms with E-state index in [0.29, 0.717) is 5.88 Å². The topological polar surface area (TPSA) is 47.9 Å². The second-order valence-electron chi connectivity index (χ2n) is 2.46. The summed E-state index contributed by atoms with van der Waals surface area (Å²) in [6, 6.07) is 1.84. The molecule has 14 heavy (non-hydrogen) atoms. The number of hydrogen-bond acceptors (Lipinski definition) is 5. The van der Waals surface area contributed by atoms with Crippen LogP contribution in [-0.2, 0) is 0 Å². The van der Waals surface area contributed by atoms with Crippen molar-refractivity contribution in [2.45, 2.75) is 0 Å². The Hall–Kier alpha value is -1.01. The molecule has 0 aliphatic carbocycles. The van der Waals surface area contributed by atoms with Gasteiger partial charge >= 0.3 is 0 Å². The fourth-order valence-corrected chi connectivity index (χ4v) is 1.79. The molecule has 2 aromatic heterocycles. The Bertz CT molecular complexity index is 428. The maximum atomic E-state index is 4.98. The Labute approximate surface area is 93.3 Å². The SMILES string of the molecule is COc1cc(-c2cnc(Br)cn2)sn1. The summed E-state index contributed by atoms with van der Waals surface area (Å²) in [4.78, 5) is 9.23. The zero-order chi connectivity index (χ0) is 9.97. The Morgan fingerprint density at radius 2 is 2.21 bits per heavy atom. The Balaban J connectivity index is 2.34. The molecule has 0 saturated heterocycles. The van der Waals surface area contributed by atoms with Gasteiger partial charge in [-0.2, -0.15) is 4.37 Å².